The highest BCUT2D eigenvalue weighted by Gasteiger charge is 2.32. The first-order valence-electron chi connectivity index (χ1n) is 7.10. The third-order valence-corrected chi connectivity index (χ3v) is 5.80. The number of halogens is 1. The van der Waals surface area contributed by atoms with Crippen LogP contribution in [0.3, 0.4) is 0 Å². The zero-order valence-electron chi connectivity index (χ0n) is 12.8. The summed E-state index contributed by atoms with van der Waals surface area (Å²) in [5.74, 6) is -0.424. The number of rotatable bonds is 4. The van der Waals surface area contributed by atoms with E-state index in [9.17, 15) is 13.2 Å². The van der Waals surface area contributed by atoms with Crippen LogP contribution in [0, 0.1) is 5.41 Å². The monoisotopic (exact) mass is 360 g/mol. The molecule has 1 atom stereocenters. The molecular formula is C14H21ClN4O3S. The summed E-state index contributed by atoms with van der Waals surface area (Å²) in [7, 11) is -3.07. The largest absolute Gasteiger partial charge is 0.292 e. The van der Waals surface area contributed by atoms with Crippen molar-refractivity contribution in [2.75, 3.05) is 18.8 Å². The van der Waals surface area contributed by atoms with E-state index in [4.69, 9.17) is 5.41 Å². The number of benzene rings is 1. The molecule has 1 aromatic rings. The number of amides is 1. The molecule has 1 heterocycles. The van der Waals surface area contributed by atoms with Gasteiger partial charge in [0.1, 0.15) is 0 Å². The zero-order chi connectivity index (χ0) is 16.2. The van der Waals surface area contributed by atoms with Crippen LogP contribution in [0.1, 0.15) is 23.7 Å². The molecule has 1 aliphatic heterocycles. The third kappa shape index (κ3) is 5.19. The van der Waals surface area contributed by atoms with Gasteiger partial charge >= 0.3 is 0 Å². The van der Waals surface area contributed by atoms with Crippen molar-refractivity contribution in [1.82, 2.24) is 15.8 Å². The molecular weight excluding hydrogens is 340 g/mol. The Bertz CT molecular complexity index is 651. The maximum Gasteiger partial charge on any atom is 0.257 e. The number of hydrazine groups is 1. The summed E-state index contributed by atoms with van der Waals surface area (Å²) < 4.78 is 23.6. The summed E-state index contributed by atoms with van der Waals surface area (Å²) in [6, 6.07) is 8.60. The Hall–Kier alpha value is -1.64. The molecule has 1 unspecified atom stereocenters. The molecule has 23 heavy (non-hydrogen) atoms. The minimum Gasteiger partial charge on any atom is -0.292 e. The van der Waals surface area contributed by atoms with Gasteiger partial charge in [-0.25, -0.2) is 13.4 Å². The molecule has 0 aliphatic carbocycles. The van der Waals surface area contributed by atoms with Crippen LogP contribution < -0.4 is 10.7 Å². The number of hydrogen-bond donors (Lipinski definition) is 3. The lowest BCUT2D eigenvalue weighted by Crippen LogP contribution is -2.49. The first kappa shape index (κ1) is 19.4. The van der Waals surface area contributed by atoms with Gasteiger partial charge in [0.25, 0.3) is 5.91 Å². The van der Waals surface area contributed by atoms with Crippen LogP contribution in [-0.4, -0.2) is 49.4 Å². The van der Waals surface area contributed by atoms with E-state index in [-0.39, 0.29) is 30.0 Å². The van der Waals surface area contributed by atoms with Crippen LogP contribution in [0.4, 0.5) is 0 Å². The van der Waals surface area contributed by atoms with E-state index < -0.39 is 15.1 Å². The highest BCUT2D eigenvalue weighted by molar-refractivity contribution is 7.92. The molecule has 0 spiro atoms. The fourth-order valence-corrected chi connectivity index (χ4v) is 3.66. The summed E-state index contributed by atoms with van der Waals surface area (Å²) in [6.07, 6.45) is 0.531. The molecule has 0 radical (unpaired) electrons. The van der Waals surface area contributed by atoms with Gasteiger partial charge in [-0.15, -0.1) is 12.4 Å². The highest BCUT2D eigenvalue weighted by atomic mass is 35.5. The number of guanidine groups is 1. The highest BCUT2D eigenvalue weighted by Crippen LogP contribution is 2.15. The van der Waals surface area contributed by atoms with Gasteiger partial charge < -0.3 is 0 Å². The van der Waals surface area contributed by atoms with Crippen molar-refractivity contribution < 1.29 is 13.2 Å². The average molecular weight is 361 g/mol. The van der Waals surface area contributed by atoms with Gasteiger partial charge in [0.2, 0.25) is 5.96 Å². The fourth-order valence-electron chi connectivity index (χ4n) is 2.32. The standard InChI is InChI=1S/C14H20N4O3S.ClH/c1-2-22(20,21)12-8-9-18(10-12)17-14(15)16-13(19)11-6-4-3-5-7-11;/h3-7,12H,2,8-10H2,1H3,(H3,15,16,17,19);1H. The Morgan fingerprint density at radius 2 is 2.00 bits per heavy atom. The molecule has 1 amide bonds. The second kappa shape index (κ2) is 8.28. The van der Waals surface area contributed by atoms with Crippen molar-refractivity contribution in [1.29, 1.82) is 5.41 Å². The minimum absolute atomic E-state index is 0. The molecule has 0 saturated carbocycles. The smallest absolute Gasteiger partial charge is 0.257 e. The van der Waals surface area contributed by atoms with Gasteiger partial charge in [-0.3, -0.25) is 20.9 Å². The molecule has 0 bridgehead atoms. The second-order valence-electron chi connectivity index (χ2n) is 5.12. The second-order valence-corrected chi connectivity index (χ2v) is 7.68. The van der Waals surface area contributed by atoms with Crippen LogP contribution in [0.25, 0.3) is 0 Å². The summed E-state index contributed by atoms with van der Waals surface area (Å²) in [4.78, 5) is 11.9. The number of carbonyl (C=O) groups excluding carboxylic acids is 1. The Balaban J connectivity index is 0.00000264. The summed E-state index contributed by atoms with van der Waals surface area (Å²) >= 11 is 0. The molecule has 1 aliphatic rings. The van der Waals surface area contributed by atoms with Gasteiger partial charge in [0.15, 0.2) is 9.84 Å². The average Bonchev–Trinajstić information content (AvgIpc) is 2.97. The van der Waals surface area contributed by atoms with Crippen LogP contribution >= 0.6 is 12.4 Å². The molecule has 1 aromatic carbocycles. The van der Waals surface area contributed by atoms with Gasteiger partial charge in [0.05, 0.1) is 5.25 Å². The first-order valence-corrected chi connectivity index (χ1v) is 8.82. The topological polar surface area (TPSA) is 102 Å². The molecule has 1 fully saturated rings. The molecule has 3 N–H and O–H groups in total. The molecule has 128 valence electrons. The Kier molecular flexibility index (Phi) is 6.99. The fraction of sp³-hybridized carbons (Fsp3) is 0.429. The van der Waals surface area contributed by atoms with E-state index in [2.05, 4.69) is 10.7 Å². The van der Waals surface area contributed by atoms with E-state index in [0.717, 1.165) is 0 Å². The molecule has 9 heteroatoms. The minimum atomic E-state index is -3.07. The predicted molar refractivity (Wildman–Crippen MR) is 91.5 cm³/mol. The van der Waals surface area contributed by atoms with Crippen molar-refractivity contribution in [2.45, 2.75) is 18.6 Å². The number of nitrogens with zero attached hydrogens (tertiary/aromatic N) is 1. The van der Waals surface area contributed by atoms with Crippen molar-refractivity contribution in [3.8, 4) is 0 Å². The summed E-state index contributed by atoms with van der Waals surface area (Å²) in [5, 5.41) is 11.4. The van der Waals surface area contributed by atoms with E-state index >= 15 is 0 Å². The maximum absolute atomic E-state index is 11.9. The van der Waals surface area contributed by atoms with Crippen LogP contribution in [0.5, 0.6) is 0 Å². The number of hydrogen-bond acceptors (Lipinski definition) is 5. The molecule has 2 rings (SSSR count). The van der Waals surface area contributed by atoms with Crippen molar-refractivity contribution in [3.05, 3.63) is 35.9 Å². The normalized spacial score (nSPS) is 18.0. The van der Waals surface area contributed by atoms with Crippen LogP contribution in [0.2, 0.25) is 0 Å². The van der Waals surface area contributed by atoms with E-state index in [0.29, 0.717) is 25.1 Å². The maximum atomic E-state index is 11.9. The lowest BCUT2D eigenvalue weighted by Gasteiger charge is -2.19. The van der Waals surface area contributed by atoms with Crippen LogP contribution in [0.15, 0.2) is 30.3 Å². The van der Waals surface area contributed by atoms with Gasteiger partial charge in [-0.1, -0.05) is 25.1 Å². The third-order valence-electron chi connectivity index (χ3n) is 3.60. The first-order chi connectivity index (χ1) is 10.4. The Labute approximate surface area is 142 Å². The summed E-state index contributed by atoms with van der Waals surface area (Å²) in [6.45, 7) is 2.47. The van der Waals surface area contributed by atoms with Gasteiger partial charge in [0, 0.05) is 24.4 Å². The number of carbonyl (C=O) groups is 1. The van der Waals surface area contributed by atoms with Crippen molar-refractivity contribution in [3.63, 3.8) is 0 Å². The molecule has 7 nitrogen and oxygen atoms in total. The van der Waals surface area contributed by atoms with Crippen molar-refractivity contribution in [2.24, 2.45) is 0 Å². The van der Waals surface area contributed by atoms with Crippen LogP contribution in [-0.2, 0) is 9.84 Å². The SMILES string of the molecule is CCS(=O)(=O)C1CCN(NC(=N)NC(=O)c2ccccc2)C1.Cl. The van der Waals surface area contributed by atoms with E-state index in [1.165, 1.54) is 0 Å². The van der Waals surface area contributed by atoms with E-state index in [1.807, 2.05) is 0 Å². The Morgan fingerprint density at radius 3 is 2.61 bits per heavy atom. The lowest BCUT2D eigenvalue weighted by molar-refractivity contribution is 0.0973. The number of sulfone groups is 1. The van der Waals surface area contributed by atoms with E-state index in [1.54, 1.807) is 42.3 Å². The molecule has 1 saturated heterocycles. The quantitative estimate of drug-likeness (QED) is 0.544. The summed E-state index contributed by atoms with van der Waals surface area (Å²) in [5.41, 5.74) is 3.19. The Morgan fingerprint density at radius 1 is 1.35 bits per heavy atom. The number of nitrogens with one attached hydrogen (secondary N) is 3. The predicted octanol–water partition coefficient (Wildman–Crippen LogP) is 0.787. The van der Waals surface area contributed by atoms with Crippen molar-refractivity contribution >= 4 is 34.1 Å². The van der Waals surface area contributed by atoms with Gasteiger partial charge in [-0.05, 0) is 18.6 Å². The lowest BCUT2D eigenvalue weighted by atomic mass is 10.2. The molecule has 0 aromatic heterocycles. The zero-order valence-corrected chi connectivity index (χ0v) is 14.4. The van der Waals surface area contributed by atoms with Gasteiger partial charge in [-0.2, -0.15) is 0 Å².